The predicted molar refractivity (Wildman–Crippen MR) is 82.3 cm³/mol. The molecule has 98 valence electrons. The van der Waals surface area contributed by atoms with E-state index in [-0.39, 0.29) is 0 Å². The van der Waals surface area contributed by atoms with Crippen LogP contribution in [0.1, 0.15) is 53.9 Å². The van der Waals surface area contributed by atoms with Crippen LogP contribution in [-0.2, 0) is 0 Å². The van der Waals surface area contributed by atoms with Gasteiger partial charge in [0.2, 0.25) is 0 Å². The predicted octanol–water partition coefficient (Wildman–Crippen LogP) is 5.15. The van der Waals surface area contributed by atoms with Gasteiger partial charge in [-0.3, -0.25) is 0 Å². The molecular formula is C16H27I. The molecule has 0 aromatic rings. The van der Waals surface area contributed by atoms with Crippen molar-refractivity contribution >= 4 is 22.6 Å². The molecule has 4 saturated carbocycles. The van der Waals surface area contributed by atoms with Gasteiger partial charge in [0.05, 0.1) is 0 Å². The molecule has 0 aromatic heterocycles. The van der Waals surface area contributed by atoms with Crippen LogP contribution >= 0.6 is 22.6 Å². The Morgan fingerprint density at radius 1 is 1.00 bits per heavy atom. The minimum atomic E-state index is 0.503. The summed E-state index contributed by atoms with van der Waals surface area (Å²) in [5, 5.41) is 0. The Labute approximate surface area is 120 Å². The van der Waals surface area contributed by atoms with Crippen LogP contribution in [0, 0.1) is 40.4 Å². The van der Waals surface area contributed by atoms with Crippen molar-refractivity contribution in [3.63, 3.8) is 0 Å². The Bertz CT molecular complexity index is 325. The average molecular weight is 346 g/mol. The zero-order valence-electron chi connectivity index (χ0n) is 12.0. The summed E-state index contributed by atoms with van der Waals surface area (Å²) in [5.41, 5.74) is 1.10. The highest BCUT2D eigenvalue weighted by atomic mass is 127. The minimum Gasteiger partial charge on any atom is -0.0820 e. The van der Waals surface area contributed by atoms with Crippen LogP contribution in [0.5, 0.6) is 0 Å². The largest absolute Gasteiger partial charge is 0.0820 e. The molecule has 0 aliphatic heterocycles. The molecule has 0 spiro atoms. The molecule has 0 aromatic carbocycles. The fourth-order valence-electron chi connectivity index (χ4n) is 5.74. The van der Waals surface area contributed by atoms with Crippen molar-refractivity contribution in [3.05, 3.63) is 0 Å². The molecule has 0 heterocycles. The molecule has 4 fully saturated rings. The SMILES string of the molecule is CC(C)(C)C1C2CC3CC(C2I)C(C)(C)C1C3. The van der Waals surface area contributed by atoms with Gasteiger partial charge in [-0.25, -0.2) is 0 Å². The lowest BCUT2D eigenvalue weighted by Gasteiger charge is -2.67. The van der Waals surface area contributed by atoms with Gasteiger partial charge >= 0.3 is 0 Å². The van der Waals surface area contributed by atoms with Crippen molar-refractivity contribution in [2.45, 2.75) is 57.8 Å². The quantitative estimate of drug-likeness (QED) is 0.420. The summed E-state index contributed by atoms with van der Waals surface area (Å²) in [6.07, 6.45) is 4.61. The van der Waals surface area contributed by atoms with Crippen LogP contribution in [0.3, 0.4) is 0 Å². The molecule has 6 unspecified atom stereocenters. The van der Waals surface area contributed by atoms with Crippen LogP contribution in [0.4, 0.5) is 0 Å². The lowest BCUT2D eigenvalue weighted by molar-refractivity contribution is -0.152. The first-order chi connectivity index (χ1) is 7.73. The van der Waals surface area contributed by atoms with Gasteiger partial charge in [0.15, 0.2) is 0 Å². The summed E-state index contributed by atoms with van der Waals surface area (Å²) >= 11 is 2.81. The number of alkyl halides is 1. The summed E-state index contributed by atoms with van der Waals surface area (Å²) in [4.78, 5) is 0. The topological polar surface area (TPSA) is 0 Å². The third-order valence-corrected chi connectivity index (χ3v) is 8.17. The molecule has 0 amide bonds. The first-order valence-electron chi connectivity index (χ1n) is 7.37. The Kier molecular flexibility index (Phi) is 2.73. The van der Waals surface area contributed by atoms with Crippen LogP contribution in [0.2, 0.25) is 0 Å². The van der Waals surface area contributed by atoms with Gasteiger partial charge in [0.25, 0.3) is 0 Å². The lowest BCUT2D eigenvalue weighted by Crippen LogP contribution is -2.62. The fraction of sp³-hybridized carbons (Fsp3) is 1.00. The molecule has 4 aliphatic rings. The molecule has 4 bridgehead atoms. The Morgan fingerprint density at radius 2 is 1.59 bits per heavy atom. The minimum absolute atomic E-state index is 0.503. The molecule has 0 nitrogen and oxygen atoms in total. The van der Waals surface area contributed by atoms with E-state index >= 15 is 0 Å². The number of rotatable bonds is 0. The second-order valence-corrected chi connectivity index (χ2v) is 10.0. The molecule has 17 heavy (non-hydrogen) atoms. The highest BCUT2D eigenvalue weighted by molar-refractivity contribution is 14.1. The van der Waals surface area contributed by atoms with E-state index in [0.29, 0.717) is 10.8 Å². The fourth-order valence-corrected chi connectivity index (χ4v) is 7.70. The van der Waals surface area contributed by atoms with Gasteiger partial charge in [-0.15, -0.1) is 0 Å². The average Bonchev–Trinajstić information content (AvgIpc) is 2.18. The first kappa shape index (κ1) is 12.7. The lowest BCUT2D eigenvalue weighted by atomic mass is 9.40. The summed E-state index contributed by atoms with van der Waals surface area (Å²) in [6.45, 7) is 12.6. The highest BCUT2D eigenvalue weighted by Crippen LogP contribution is 2.68. The van der Waals surface area contributed by atoms with Gasteiger partial charge in [-0.05, 0) is 59.7 Å². The number of hydrogen-bond donors (Lipinski definition) is 0. The molecule has 1 heteroatoms. The molecule has 6 atom stereocenters. The third-order valence-electron chi connectivity index (χ3n) is 6.38. The molecular weight excluding hydrogens is 319 g/mol. The van der Waals surface area contributed by atoms with Gasteiger partial charge in [0.1, 0.15) is 0 Å². The van der Waals surface area contributed by atoms with Gasteiger partial charge in [0, 0.05) is 3.92 Å². The zero-order valence-corrected chi connectivity index (χ0v) is 14.1. The first-order valence-corrected chi connectivity index (χ1v) is 8.61. The molecule has 0 N–H and O–H groups in total. The van der Waals surface area contributed by atoms with E-state index in [9.17, 15) is 0 Å². The van der Waals surface area contributed by atoms with Crippen molar-refractivity contribution < 1.29 is 0 Å². The van der Waals surface area contributed by atoms with E-state index in [4.69, 9.17) is 0 Å². The Morgan fingerprint density at radius 3 is 2.18 bits per heavy atom. The van der Waals surface area contributed by atoms with E-state index in [1.807, 2.05) is 0 Å². The third kappa shape index (κ3) is 1.66. The number of hydrogen-bond acceptors (Lipinski definition) is 0. The summed E-state index contributed by atoms with van der Waals surface area (Å²) in [6, 6.07) is 0. The molecule has 0 radical (unpaired) electrons. The van der Waals surface area contributed by atoms with Crippen molar-refractivity contribution in [2.24, 2.45) is 40.4 Å². The van der Waals surface area contributed by atoms with Crippen molar-refractivity contribution in [2.75, 3.05) is 0 Å². The van der Waals surface area contributed by atoms with Crippen molar-refractivity contribution in [1.29, 1.82) is 0 Å². The van der Waals surface area contributed by atoms with Gasteiger partial charge in [-0.2, -0.15) is 0 Å². The van der Waals surface area contributed by atoms with Crippen LogP contribution < -0.4 is 0 Å². The van der Waals surface area contributed by atoms with E-state index in [1.165, 1.54) is 12.8 Å². The monoisotopic (exact) mass is 346 g/mol. The van der Waals surface area contributed by atoms with Crippen LogP contribution in [0.25, 0.3) is 0 Å². The van der Waals surface area contributed by atoms with E-state index < -0.39 is 0 Å². The van der Waals surface area contributed by atoms with E-state index in [2.05, 4.69) is 57.2 Å². The summed E-state index contributed by atoms with van der Waals surface area (Å²) in [5.74, 6) is 5.06. The standard InChI is InChI=1S/C16H27I/c1-15(2,3)13-10-6-9-7-11(13)16(4,5)12(8-9)14(10)17/h9-14H,6-8H2,1-5H3. The Balaban J connectivity index is 2.03. The van der Waals surface area contributed by atoms with Crippen LogP contribution in [0.15, 0.2) is 0 Å². The Hall–Kier alpha value is 0.730. The maximum absolute atomic E-state index is 2.81. The second-order valence-electron chi connectivity index (χ2n) is 8.61. The molecule has 4 aliphatic carbocycles. The van der Waals surface area contributed by atoms with Gasteiger partial charge < -0.3 is 0 Å². The second kappa shape index (κ2) is 3.64. The van der Waals surface area contributed by atoms with Gasteiger partial charge in [-0.1, -0.05) is 57.2 Å². The van der Waals surface area contributed by atoms with Crippen molar-refractivity contribution in [3.8, 4) is 0 Å². The van der Waals surface area contributed by atoms with Crippen molar-refractivity contribution in [1.82, 2.24) is 0 Å². The molecule has 4 rings (SSSR count). The highest BCUT2D eigenvalue weighted by Gasteiger charge is 2.62. The maximum atomic E-state index is 2.81. The number of halogens is 1. The summed E-state index contributed by atoms with van der Waals surface area (Å²) in [7, 11) is 0. The van der Waals surface area contributed by atoms with E-state index in [1.54, 1.807) is 6.42 Å². The molecule has 0 saturated heterocycles. The van der Waals surface area contributed by atoms with E-state index in [0.717, 1.165) is 33.5 Å². The normalized spacial score (nSPS) is 51.9. The maximum Gasteiger partial charge on any atom is 0.0174 e. The van der Waals surface area contributed by atoms with Crippen LogP contribution in [-0.4, -0.2) is 3.92 Å². The smallest absolute Gasteiger partial charge is 0.0174 e. The zero-order chi connectivity index (χ0) is 12.6. The summed E-state index contributed by atoms with van der Waals surface area (Å²) < 4.78 is 0.944.